The average Bonchev–Trinajstić information content (AvgIpc) is 3.53. The van der Waals surface area contributed by atoms with E-state index in [9.17, 15) is 19.2 Å². The van der Waals surface area contributed by atoms with Gasteiger partial charge >= 0.3 is 5.97 Å². The lowest BCUT2D eigenvalue weighted by atomic mass is 9.62. The fourth-order valence-corrected chi connectivity index (χ4v) is 7.50. The number of carbonyl (C=O) groups excluding carboxylic acids is 4. The number of Topliss-reactive ketones (excluding diaryl/α,β-unsaturated/α-hetero) is 2. The van der Waals surface area contributed by atoms with Gasteiger partial charge in [-0.1, -0.05) is 80.1 Å². The highest BCUT2D eigenvalue weighted by Crippen LogP contribution is 2.62. The number of aryl methyl sites for hydroxylation is 1. The van der Waals surface area contributed by atoms with Gasteiger partial charge in [-0.25, -0.2) is 0 Å². The number of hydrogen-bond donors (Lipinski definition) is 1. The molecule has 3 heterocycles. The molecule has 224 valence electrons. The fraction of sp³-hybridized carbons (Fsp3) is 0.211. The number of rotatable bonds is 7. The SMILES string of the molecule is CCCc1ccc(C(=O)[C@H]2[C@H](C(=O)c3ccc(OC(C)=O)cc3)N3C=Cc4ccccc4[C@@H]3[C@]23C(=O)Nc2ccccc23)cc1. The van der Waals surface area contributed by atoms with Crippen LogP contribution in [0.15, 0.2) is 103 Å². The Hall–Kier alpha value is -5.30. The highest BCUT2D eigenvalue weighted by atomic mass is 16.5. The molecule has 3 aliphatic heterocycles. The Bertz CT molecular complexity index is 1880. The van der Waals surface area contributed by atoms with Gasteiger partial charge in [0.15, 0.2) is 11.6 Å². The quantitative estimate of drug-likeness (QED) is 0.148. The molecule has 4 aromatic rings. The first-order valence-electron chi connectivity index (χ1n) is 15.3. The van der Waals surface area contributed by atoms with Crippen molar-refractivity contribution in [3.05, 3.63) is 137 Å². The summed E-state index contributed by atoms with van der Waals surface area (Å²) in [6.07, 6.45) is 5.66. The molecular formula is C38H32N2O5. The molecule has 0 aromatic heterocycles. The van der Waals surface area contributed by atoms with Crippen LogP contribution in [0.2, 0.25) is 0 Å². The number of carbonyl (C=O) groups is 4. The zero-order valence-corrected chi connectivity index (χ0v) is 25.0. The molecule has 0 saturated carbocycles. The van der Waals surface area contributed by atoms with Gasteiger partial charge in [0.05, 0.1) is 12.0 Å². The molecule has 0 bridgehead atoms. The molecule has 1 spiro atoms. The second-order valence-electron chi connectivity index (χ2n) is 11.9. The van der Waals surface area contributed by atoms with Crippen molar-refractivity contribution in [2.75, 3.05) is 5.32 Å². The predicted molar refractivity (Wildman–Crippen MR) is 171 cm³/mol. The summed E-state index contributed by atoms with van der Waals surface area (Å²) < 4.78 is 5.19. The number of nitrogens with zero attached hydrogens (tertiary/aromatic N) is 1. The number of anilines is 1. The molecule has 3 aliphatic rings. The summed E-state index contributed by atoms with van der Waals surface area (Å²) in [7, 11) is 0. The summed E-state index contributed by atoms with van der Waals surface area (Å²) in [4.78, 5) is 57.7. The van der Waals surface area contributed by atoms with Gasteiger partial charge in [-0.2, -0.15) is 0 Å². The maximum atomic E-state index is 15.0. The Morgan fingerprint density at radius 3 is 2.24 bits per heavy atom. The summed E-state index contributed by atoms with van der Waals surface area (Å²) in [5, 5.41) is 3.08. The number of esters is 1. The first-order chi connectivity index (χ1) is 21.8. The van der Waals surface area contributed by atoms with Crippen molar-refractivity contribution in [2.45, 2.75) is 44.2 Å². The van der Waals surface area contributed by atoms with Gasteiger partial charge < -0.3 is 15.0 Å². The fourth-order valence-electron chi connectivity index (χ4n) is 7.50. The van der Waals surface area contributed by atoms with Crippen LogP contribution in [-0.2, 0) is 21.4 Å². The minimum atomic E-state index is -1.39. The van der Waals surface area contributed by atoms with E-state index in [0.29, 0.717) is 28.1 Å². The van der Waals surface area contributed by atoms with Gasteiger partial charge in [0.1, 0.15) is 17.2 Å². The molecule has 45 heavy (non-hydrogen) atoms. The van der Waals surface area contributed by atoms with Crippen molar-refractivity contribution in [1.29, 1.82) is 0 Å². The second kappa shape index (κ2) is 11.0. The molecule has 1 fully saturated rings. The molecule has 0 aliphatic carbocycles. The topological polar surface area (TPSA) is 92.8 Å². The van der Waals surface area contributed by atoms with E-state index in [-0.39, 0.29) is 17.5 Å². The molecule has 4 aromatic carbocycles. The van der Waals surface area contributed by atoms with E-state index in [4.69, 9.17) is 4.74 Å². The maximum Gasteiger partial charge on any atom is 0.308 e. The number of hydrogen-bond acceptors (Lipinski definition) is 6. The van der Waals surface area contributed by atoms with Crippen molar-refractivity contribution in [1.82, 2.24) is 4.90 Å². The maximum absolute atomic E-state index is 15.0. The summed E-state index contributed by atoms with van der Waals surface area (Å²) in [5.74, 6) is -2.07. The summed E-state index contributed by atoms with van der Waals surface area (Å²) in [5.41, 5.74) is 3.69. The van der Waals surface area contributed by atoms with Gasteiger partial charge in [-0.05, 0) is 65.1 Å². The van der Waals surface area contributed by atoms with Crippen molar-refractivity contribution < 1.29 is 23.9 Å². The highest BCUT2D eigenvalue weighted by Gasteiger charge is 2.70. The van der Waals surface area contributed by atoms with E-state index in [1.165, 1.54) is 6.92 Å². The third kappa shape index (κ3) is 4.41. The van der Waals surface area contributed by atoms with E-state index >= 15 is 0 Å². The predicted octanol–water partition coefficient (Wildman–Crippen LogP) is 6.55. The molecule has 7 rings (SSSR count). The number of benzene rings is 4. The standard InChI is InChI=1S/C38H32N2O5/c1-3-8-24-13-15-26(16-14-24)34(42)32-33(35(43)27-17-19-28(20-18-27)45-23(2)41)40-22-21-25-9-4-5-10-29(25)36(40)38(32)30-11-6-7-12-31(30)39-37(38)44/h4-7,9-22,32-33,36H,3,8H2,1-2H3,(H,39,44)/t32-,33-,36-,38-/m1/s1. The molecule has 1 saturated heterocycles. The molecule has 1 amide bonds. The van der Waals surface area contributed by atoms with Gasteiger partial charge in [0.2, 0.25) is 5.91 Å². The van der Waals surface area contributed by atoms with Crippen LogP contribution in [0.25, 0.3) is 6.08 Å². The minimum Gasteiger partial charge on any atom is -0.427 e. The minimum absolute atomic E-state index is 0.264. The Kier molecular flexibility index (Phi) is 6.96. The number of nitrogens with one attached hydrogen (secondary N) is 1. The summed E-state index contributed by atoms with van der Waals surface area (Å²) in [6, 6.07) is 27.6. The Morgan fingerprint density at radius 1 is 0.844 bits per heavy atom. The number of fused-ring (bicyclic) bond motifs is 6. The zero-order valence-electron chi connectivity index (χ0n) is 25.0. The summed E-state index contributed by atoms with van der Waals surface area (Å²) in [6.45, 7) is 3.42. The van der Waals surface area contributed by atoms with Crippen molar-refractivity contribution in [2.24, 2.45) is 5.92 Å². The first-order valence-corrected chi connectivity index (χ1v) is 15.3. The zero-order chi connectivity index (χ0) is 31.3. The van der Waals surface area contributed by atoms with Gasteiger partial charge in [-0.15, -0.1) is 0 Å². The number of ketones is 2. The van der Waals surface area contributed by atoms with Crippen molar-refractivity contribution >= 4 is 35.2 Å². The first kappa shape index (κ1) is 28.5. The smallest absolute Gasteiger partial charge is 0.308 e. The Morgan fingerprint density at radius 2 is 1.51 bits per heavy atom. The average molecular weight is 597 g/mol. The largest absolute Gasteiger partial charge is 0.427 e. The molecule has 7 nitrogen and oxygen atoms in total. The number of amides is 1. The molecule has 0 unspecified atom stereocenters. The van der Waals surface area contributed by atoms with Crippen LogP contribution in [0.1, 0.15) is 69.3 Å². The number of ether oxygens (including phenoxy) is 1. The Balaban J connectivity index is 1.45. The molecule has 7 heteroatoms. The lowest BCUT2D eigenvalue weighted by Crippen LogP contribution is -2.49. The van der Waals surface area contributed by atoms with Crippen LogP contribution in [-0.4, -0.2) is 34.4 Å². The van der Waals surface area contributed by atoms with E-state index in [1.807, 2.05) is 90.0 Å². The lowest BCUT2D eigenvalue weighted by Gasteiger charge is -2.38. The number of para-hydroxylation sites is 1. The van der Waals surface area contributed by atoms with Gasteiger partial charge in [0, 0.05) is 29.9 Å². The van der Waals surface area contributed by atoms with Crippen LogP contribution in [0.5, 0.6) is 5.75 Å². The lowest BCUT2D eigenvalue weighted by molar-refractivity contribution is -0.131. The van der Waals surface area contributed by atoms with Gasteiger partial charge in [-0.3, -0.25) is 19.2 Å². The molecule has 0 radical (unpaired) electrons. The third-order valence-corrected chi connectivity index (χ3v) is 9.30. The van der Waals surface area contributed by atoms with E-state index in [2.05, 4.69) is 12.2 Å². The van der Waals surface area contributed by atoms with E-state index < -0.39 is 29.4 Å². The third-order valence-electron chi connectivity index (χ3n) is 9.30. The Labute approximate surface area is 261 Å². The molecule has 4 atom stereocenters. The monoisotopic (exact) mass is 596 g/mol. The van der Waals surface area contributed by atoms with E-state index in [0.717, 1.165) is 29.5 Å². The van der Waals surface area contributed by atoms with Crippen LogP contribution in [0, 0.1) is 5.92 Å². The van der Waals surface area contributed by atoms with Gasteiger partial charge in [0.25, 0.3) is 0 Å². The highest BCUT2D eigenvalue weighted by molar-refractivity contribution is 6.16. The van der Waals surface area contributed by atoms with Crippen LogP contribution >= 0.6 is 0 Å². The second-order valence-corrected chi connectivity index (χ2v) is 11.9. The van der Waals surface area contributed by atoms with Crippen molar-refractivity contribution in [3.8, 4) is 5.75 Å². The summed E-state index contributed by atoms with van der Waals surface area (Å²) >= 11 is 0. The van der Waals surface area contributed by atoms with E-state index in [1.54, 1.807) is 24.3 Å². The normalized spacial score (nSPS) is 22.4. The molecular weight excluding hydrogens is 564 g/mol. The van der Waals surface area contributed by atoms with Crippen LogP contribution in [0.4, 0.5) is 5.69 Å². The van der Waals surface area contributed by atoms with Crippen LogP contribution in [0.3, 0.4) is 0 Å². The van der Waals surface area contributed by atoms with Crippen LogP contribution < -0.4 is 10.1 Å². The van der Waals surface area contributed by atoms with Crippen molar-refractivity contribution in [3.63, 3.8) is 0 Å². The molecule has 1 N–H and O–H groups in total.